The molecule has 0 bridgehead atoms. The van der Waals surface area contributed by atoms with E-state index in [2.05, 4.69) is 365 Å². The Morgan fingerprint density at radius 2 is 0.583 bits per heavy atom. The Hall–Kier alpha value is -9.58. The highest BCUT2D eigenvalue weighted by molar-refractivity contribution is 6.26. The molecule has 5 heteroatoms. The number of para-hydroxylation sites is 2. The first kappa shape index (κ1) is 63.8. The zero-order chi connectivity index (χ0) is 67.8. The first-order valence-electron chi connectivity index (χ1n) is 34.4. The molecule has 1 aliphatic carbocycles. The molecule has 0 spiro atoms. The van der Waals surface area contributed by atoms with E-state index in [0.717, 1.165) is 123 Å². The van der Waals surface area contributed by atoms with Gasteiger partial charge in [-0.05, 0) is 185 Å². The molecule has 13 aromatic rings. The smallest absolute Gasteiger partial charge is 0.160 e. The molecule has 0 fully saturated rings. The molecular weight excluding hydrogens is 1170 g/mol. The number of fused-ring (bicyclic) bond motifs is 11. The molecule has 0 aliphatic heterocycles. The fraction of sp³-hybridized carbons (Fsp3) is 0.275. The number of hydrogen-bond donors (Lipinski definition) is 0. The Labute approximate surface area is 569 Å². The molecule has 2 aromatic heterocycles. The molecule has 96 heavy (non-hydrogen) atoms. The van der Waals surface area contributed by atoms with Crippen LogP contribution in [0.15, 0.2) is 239 Å². The summed E-state index contributed by atoms with van der Waals surface area (Å²) in [5.74, 6) is 1.53. The molecule has 0 saturated carbocycles. The first-order chi connectivity index (χ1) is 45.4. The van der Waals surface area contributed by atoms with Crippen LogP contribution >= 0.6 is 0 Å². The number of benzene rings is 11. The number of rotatable bonds is 10. The van der Waals surface area contributed by atoms with Crippen molar-refractivity contribution in [2.24, 2.45) is 0 Å². The summed E-state index contributed by atoms with van der Waals surface area (Å²) in [5, 5.41) is 4.11. The largest absolute Gasteiger partial charge is 0.457 e. The van der Waals surface area contributed by atoms with E-state index in [1.807, 2.05) is 0 Å². The summed E-state index contributed by atoms with van der Waals surface area (Å²) in [5.41, 5.74) is 21.9. The van der Waals surface area contributed by atoms with Crippen LogP contribution in [0.4, 0.5) is 34.1 Å². The van der Waals surface area contributed by atoms with Gasteiger partial charge in [0.05, 0.1) is 22.2 Å². The maximum atomic E-state index is 7.73. The van der Waals surface area contributed by atoms with Gasteiger partial charge in [-0.25, -0.2) is 0 Å². The van der Waals surface area contributed by atoms with Crippen LogP contribution in [0.1, 0.15) is 180 Å². The van der Waals surface area contributed by atoms with Crippen molar-refractivity contribution in [2.45, 2.75) is 163 Å². The number of furan rings is 2. The van der Waals surface area contributed by atoms with Gasteiger partial charge in [-0.1, -0.05) is 258 Å². The summed E-state index contributed by atoms with van der Waals surface area (Å²) >= 11 is 0. The Morgan fingerprint density at radius 1 is 0.292 bits per heavy atom. The summed E-state index contributed by atoms with van der Waals surface area (Å²) in [6.45, 7) is 41.1. The molecule has 14 rings (SSSR count). The minimum Gasteiger partial charge on any atom is -0.457 e. The maximum absolute atomic E-state index is 7.73. The number of hydrogen-bond acceptors (Lipinski definition) is 5. The van der Waals surface area contributed by atoms with Crippen LogP contribution in [0.3, 0.4) is 0 Å². The zero-order valence-electron chi connectivity index (χ0n) is 59.6. The van der Waals surface area contributed by atoms with Crippen LogP contribution in [-0.2, 0) is 37.9 Å². The first-order valence-corrected chi connectivity index (χ1v) is 34.4. The number of anilines is 6. The van der Waals surface area contributed by atoms with Gasteiger partial charge in [-0.3, -0.25) is 0 Å². The molecule has 0 saturated heterocycles. The van der Waals surface area contributed by atoms with Gasteiger partial charge < -0.3 is 23.4 Å². The van der Waals surface area contributed by atoms with Gasteiger partial charge >= 0.3 is 0 Å². The second-order valence-electron chi connectivity index (χ2n) is 33.1. The fourth-order valence-electron chi connectivity index (χ4n) is 14.6. The number of nitrogens with zero attached hydrogens (tertiary/aromatic N) is 2. The summed E-state index contributed by atoms with van der Waals surface area (Å²) in [6, 6.07) is 86.2. The Kier molecular flexibility index (Phi) is 15.1. The quantitative estimate of drug-likeness (QED) is 0.136. The van der Waals surface area contributed by atoms with Crippen LogP contribution < -0.4 is 14.5 Å². The lowest BCUT2D eigenvalue weighted by atomic mass is 9.67. The summed E-state index contributed by atoms with van der Waals surface area (Å²) < 4.78 is 22.1. The SMILES string of the molecule is CC(C)(C)c1ccc(Oc2ccc(C3(c4ccc(C(C)(C)C)cc4)c4cc(N(c5ccc(C(C)(C)C)cc5)c5ccc(C(C)(C)C)cc5)c5c(oc6ccccc65)c4-c4c3cc(N(c3ccc(C(C)(C)C)cc3)c3ccc(C(C)(C)C)cc3)c3oc5ccccc5c43)cc2)cc1. The Morgan fingerprint density at radius 3 is 0.969 bits per heavy atom. The Bertz CT molecular complexity index is 4950. The van der Waals surface area contributed by atoms with Crippen molar-refractivity contribution in [2.75, 3.05) is 9.80 Å². The van der Waals surface area contributed by atoms with Crippen molar-refractivity contribution in [1.29, 1.82) is 0 Å². The lowest BCUT2D eigenvalue weighted by molar-refractivity contribution is 0.481. The highest BCUT2D eigenvalue weighted by Crippen LogP contribution is 2.65. The molecule has 1 unspecified atom stereocenters. The third kappa shape index (κ3) is 11.1. The average Bonchev–Trinajstić information content (AvgIpc) is 1.49. The van der Waals surface area contributed by atoms with Crippen molar-refractivity contribution in [3.05, 3.63) is 286 Å². The molecule has 0 N–H and O–H groups in total. The minimum atomic E-state index is -1.03. The molecule has 484 valence electrons. The second kappa shape index (κ2) is 22.8. The van der Waals surface area contributed by atoms with E-state index in [1.54, 1.807) is 0 Å². The molecular formula is C91H92N2O3. The predicted octanol–water partition coefficient (Wildman–Crippen LogP) is 26.4. The number of ether oxygens (including phenoxy) is 1. The van der Waals surface area contributed by atoms with Crippen LogP contribution in [0, 0.1) is 0 Å². The van der Waals surface area contributed by atoms with E-state index in [1.165, 1.54) is 33.4 Å². The maximum Gasteiger partial charge on any atom is 0.160 e. The molecule has 5 nitrogen and oxygen atoms in total. The molecule has 1 atom stereocenters. The van der Waals surface area contributed by atoms with Gasteiger partial charge in [-0.2, -0.15) is 0 Å². The highest BCUT2D eigenvalue weighted by atomic mass is 16.5. The van der Waals surface area contributed by atoms with Gasteiger partial charge in [0.25, 0.3) is 0 Å². The van der Waals surface area contributed by atoms with Crippen LogP contribution in [0.5, 0.6) is 11.5 Å². The van der Waals surface area contributed by atoms with Gasteiger partial charge in [0, 0.05) is 50.0 Å². The lowest BCUT2D eigenvalue weighted by Gasteiger charge is -2.36. The Balaban J connectivity index is 1.16. The van der Waals surface area contributed by atoms with Crippen molar-refractivity contribution in [3.8, 4) is 22.6 Å². The topological polar surface area (TPSA) is 42.0 Å². The summed E-state index contributed by atoms with van der Waals surface area (Å²) in [6.07, 6.45) is 0. The van der Waals surface area contributed by atoms with Gasteiger partial charge in [0.15, 0.2) is 5.58 Å². The van der Waals surface area contributed by atoms with E-state index in [0.29, 0.717) is 0 Å². The summed E-state index contributed by atoms with van der Waals surface area (Å²) in [4.78, 5) is 4.93. The van der Waals surface area contributed by atoms with Crippen LogP contribution in [0.2, 0.25) is 0 Å². The van der Waals surface area contributed by atoms with E-state index in [-0.39, 0.29) is 32.5 Å². The molecule has 11 aromatic carbocycles. The molecule has 1 aliphatic rings. The highest BCUT2D eigenvalue weighted by Gasteiger charge is 2.51. The van der Waals surface area contributed by atoms with Crippen LogP contribution in [-0.4, -0.2) is 0 Å². The van der Waals surface area contributed by atoms with E-state index >= 15 is 0 Å². The van der Waals surface area contributed by atoms with E-state index < -0.39 is 5.41 Å². The zero-order valence-corrected chi connectivity index (χ0v) is 59.6. The molecule has 0 radical (unpaired) electrons. The van der Waals surface area contributed by atoms with E-state index in [9.17, 15) is 0 Å². The van der Waals surface area contributed by atoms with Gasteiger partial charge in [-0.15, -0.1) is 0 Å². The average molecular weight is 1260 g/mol. The van der Waals surface area contributed by atoms with Crippen LogP contribution in [0.25, 0.3) is 55.0 Å². The normalized spacial score (nSPS) is 14.6. The van der Waals surface area contributed by atoms with Gasteiger partial charge in [0.2, 0.25) is 0 Å². The third-order valence-corrected chi connectivity index (χ3v) is 20.2. The summed E-state index contributed by atoms with van der Waals surface area (Å²) in [7, 11) is 0. The van der Waals surface area contributed by atoms with E-state index in [4.69, 9.17) is 13.6 Å². The van der Waals surface area contributed by atoms with Crippen molar-refractivity contribution >= 4 is 78.0 Å². The fourth-order valence-corrected chi connectivity index (χ4v) is 14.6. The standard InChI is InChI=1S/C91H92N2O3/c1-85(2,3)57-27-29-63(30-28-57)91(64-41-53-70(54-42-64)94-69-51-39-62(40-52-69)90(16,17)18)73-56-76(93(67-47-35-60(36-48-67)88(10,11)12)68-49-37-61(38-50-68)89(13,14)15)83-80(72-24-20-22-26-78(72)95-83)81(73)82-74(91)55-75(79-71-23-19-21-25-77(71)96-84(79)82)92(65-43-31-58(32-44-65)86(4,5)6)66-45-33-59(34-46-66)87(7,8)9/h19-56H,1-18H3. The predicted molar refractivity (Wildman–Crippen MR) is 406 cm³/mol. The molecule has 0 amide bonds. The third-order valence-electron chi connectivity index (χ3n) is 20.2. The minimum absolute atomic E-state index is 0.00500. The second-order valence-corrected chi connectivity index (χ2v) is 33.1. The van der Waals surface area contributed by atoms with Gasteiger partial charge in [0.1, 0.15) is 28.2 Å². The van der Waals surface area contributed by atoms with Crippen molar-refractivity contribution in [3.63, 3.8) is 0 Å². The van der Waals surface area contributed by atoms with Crippen molar-refractivity contribution < 1.29 is 13.6 Å². The molecule has 2 heterocycles. The van der Waals surface area contributed by atoms with Crippen molar-refractivity contribution in [1.82, 2.24) is 0 Å². The lowest BCUT2D eigenvalue weighted by Crippen LogP contribution is -2.29. The monoisotopic (exact) mass is 1260 g/mol.